The van der Waals surface area contributed by atoms with E-state index in [0.717, 1.165) is 16.8 Å². The molecule has 0 amide bonds. The summed E-state index contributed by atoms with van der Waals surface area (Å²) in [7, 11) is 0. The second-order valence-electron chi connectivity index (χ2n) is 5.41. The fourth-order valence-corrected chi connectivity index (χ4v) is 2.14. The number of Topliss-reactive ketones (excluding diaryl/α,β-unsaturated/α-hetero) is 1. The normalized spacial score (nSPS) is 10.4. The molecule has 0 unspecified atom stereocenters. The number of aromatic nitrogens is 4. The zero-order valence-corrected chi connectivity index (χ0v) is 13.4. The van der Waals surface area contributed by atoms with E-state index in [4.69, 9.17) is 4.74 Å². The molecule has 0 radical (unpaired) electrons. The van der Waals surface area contributed by atoms with Gasteiger partial charge in [0.1, 0.15) is 17.8 Å². The van der Waals surface area contributed by atoms with Crippen molar-refractivity contribution in [1.29, 1.82) is 0 Å². The Morgan fingerprint density at radius 1 is 1.00 bits per heavy atom. The summed E-state index contributed by atoms with van der Waals surface area (Å²) < 4.78 is 5.62. The van der Waals surface area contributed by atoms with Crippen LogP contribution >= 0.6 is 0 Å². The number of ketones is 1. The van der Waals surface area contributed by atoms with Crippen LogP contribution in [0.1, 0.15) is 27.3 Å². The molecule has 3 aromatic heterocycles. The van der Waals surface area contributed by atoms with Gasteiger partial charge in [-0.25, -0.2) is 9.97 Å². The summed E-state index contributed by atoms with van der Waals surface area (Å²) >= 11 is 0. The van der Waals surface area contributed by atoms with Crippen molar-refractivity contribution in [2.75, 3.05) is 0 Å². The lowest BCUT2D eigenvalue weighted by molar-refractivity contribution is 0.0987. The molecule has 6 nitrogen and oxygen atoms in total. The Morgan fingerprint density at radius 2 is 1.79 bits per heavy atom. The van der Waals surface area contributed by atoms with Gasteiger partial charge in [-0.05, 0) is 37.1 Å². The maximum Gasteiger partial charge on any atom is 0.187 e. The van der Waals surface area contributed by atoms with Crippen LogP contribution in [0.5, 0.6) is 11.5 Å². The predicted molar refractivity (Wildman–Crippen MR) is 88.1 cm³/mol. The van der Waals surface area contributed by atoms with Crippen molar-refractivity contribution in [3.05, 3.63) is 71.8 Å². The monoisotopic (exact) mass is 320 g/mol. The van der Waals surface area contributed by atoms with E-state index < -0.39 is 0 Å². The Bertz CT molecular complexity index is 866. The van der Waals surface area contributed by atoms with Gasteiger partial charge in [0.05, 0.1) is 18.8 Å². The average molecular weight is 320 g/mol. The van der Waals surface area contributed by atoms with Crippen LogP contribution in [0.25, 0.3) is 0 Å². The van der Waals surface area contributed by atoms with Crippen LogP contribution in [0, 0.1) is 13.8 Å². The number of aryl methyl sites for hydroxylation is 2. The molecular formula is C18H16N4O2. The van der Waals surface area contributed by atoms with Crippen molar-refractivity contribution in [2.45, 2.75) is 20.3 Å². The standard InChI is InChI=1S/C18H16N4O2/c1-12-5-14(22-8-13(12)2)6-18(23)17-7-15(3-4-21-17)24-16-9-19-11-20-10-16/h3-5,7-11H,6H2,1-2H3. The quantitative estimate of drug-likeness (QED) is 0.672. The summed E-state index contributed by atoms with van der Waals surface area (Å²) in [5.74, 6) is 0.898. The minimum atomic E-state index is -0.111. The molecule has 0 aliphatic rings. The molecule has 0 spiro atoms. The molecular weight excluding hydrogens is 304 g/mol. The third-order valence-electron chi connectivity index (χ3n) is 3.56. The molecule has 0 saturated heterocycles. The van der Waals surface area contributed by atoms with Crippen molar-refractivity contribution in [3.63, 3.8) is 0 Å². The Balaban J connectivity index is 1.75. The Hall–Kier alpha value is -3.15. The number of ether oxygens (including phenoxy) is 1. The Morgan fingerprint density at radius 3 is 2.54 bits per heavy atom. The molecule has 0 atom stereocenters. The smallest absolute Gasteiger partial charge is 0.187 e. The van der Waals surface area contributed by atoms with Crippen LogP contribution in [0.15, 0.2) is 49.3 Å². The van der Waals surface area contributed by atoms with Crippen LogP contribution < -0.4 is 4.74 Å². The summed E-state index contributed by atoms with van der Waals surface area (Å²) in [6, 6.07) is 5.21. The van der Waals surface area contributed by atoms with Crippen LogP contribution in [0.2, 0.25) is 0 Å². The van der Waals surface area contributed by atoms with Gasteiger partial charge in [0.2, 0.25) is 0 Å². The van der Waals surface area contributed by atoms with Crippen LogP contribution in [0.3, 0.4) is 0 Å². The van der Waals surface area contributed by atoms with Gasteiger partial charge in [-0.15, -0.1) is 0 Å². The topological polar surface area (TPSA) is 77.9 Å². The minimum Gasteiger partial charge on any atom is -0.454 e. The summed E-state index contributed by atoms with van der Waals surface area (Å²) in [5.41, 5.74) is 3.28. The zero-order valence-electron chi connectivity index (χ0n) is 13.4. The van der Waals surface area contributed by atoms with E-state index in [1.165, 1.54) is 6.33 Å². The first-order chi connectivity index (χ1) is 11.6. The van der Waals surface area contributed by atoms with E-state index in [1.807, 2.05) is 19.9 Å². The van der Waals surface area contributed by atoms with Crippen LogP contribution in [0.4, 0.5) is 0 Å². The maximum atomic E-state index is 12.4. The number of rotatable bonds is 5. The summed E-state index contributed by atoms with van der Waals surface area (Å²) in [5, 5.41) is 0. The SMILES string of the molecule is Cc1cnc(CC(=O)c2cc(Oc3cncnc3)ccn2)cc1C. The van der Waals surface area contributed by atoms with Crippen molar-refractivity contribution in [3.8, 4) is 11.5 Å². The number of carbonyl (C=O) groups is 1. The highest BCUT2D eigenvalue weighted by molar-refractivity contribution is 5.95. The van der Waals surface area contributed by atoms with Gasteiger partial charge >= 0.3 is 0 Å². The summed E-state index contributed by atoms with van der Waals surface area (Å²) in [6.45, 7) is 3.99. The summed E-state index contributed by atoms with van der Waals surface area (Å²) in [6.07, 6.45) is 8.04. The molecule has 6 heteroatoms. The largest absolute Gasteiger partial charge is 0.454 e. The van der Waals surface area contributed by atoms with E-state index in [-0.39, 0.29) is 12.2 Å². The van der Waals surface area contributed by atoms with Gasteiger partial charge in [0.15, 0.2) is 11.5 Å². The first-order valence-electron chi connectivity index (χ1n) is 7.46. The molecule has 0 saturated carbocycles. The van der Waals surface area contributed by atoms with E-state index in [9.17, 15) is 4.79 Å². The number of nitrogens with zero attached hydrogens (tertiary/aromatic N) is 4. The molecule has 3 heterocycles. The molecule has 3 aromatic rings. The second kappa shape index (κ2) is 6.95. The lowest BCUT2D eigenvalue weighted by Gasteiger charge is -2.07. The average Bonchev–Trinajstić information content (AvgIpc) is 2.59. The van der Waals surface area contributed by atoms with Crippen molar-refractivity contribution in [2.24, 2.45) is 0 Å². The van der Waals surface area contributed by atoms with Crippen LogP contribution in [-0.4, -0.2) is 25.7 Å². The molecule has 120 valence electrons. The van der Waals surface area contributed by atoms with Gasteiger partial charge < -0.3 is 4.74 Å². The molecule has 0 fully saturated rings. The van der Waals surface area contributed by atoms with Crippen molar-refractivity contribution >= 4 is 5.78 Å². The van der Waals surface area contributed by atoms with Gasteiger partial charge in [-0.2, -0.15) is 0 Å². The number of pyridine rings is 2. The minimum absolute atomic E-state index is 0.111. The third-order valence-corrected chi connectivity index (χ3v) is 3.56. The fraction of sp³-hybridized carbons (Fsp3) is 0.167. The zero-order chi connectivity index (χ0) is 16.9. The number of hydrogen-bond donors (Lipinski definition) is 0. The van der Waals surface area contributed by atoms with Gasteiger partial charge in [-0.1, -0.05) is 0 Å². The first kappa shape index (κ1) is 15.7. The number of carbonyl (C=O) groups excluding carboxylic acids is 1. The van der Waals surface area contributed by atoms with Crippen LogP contribution in [-0.2, 0) is 6.42 Å². The Kier molecular flexibility index (Phi) is 4.56. The molecule has 24 heavy (non-hydrogen) atoms. The third kappa shape index (κ3) is 3.78. The van der Waals surface area contributed by atoms with E-state index in [1.54, 1.807) is 36.9 Å². The fourth-order valence-electron chi connectivity index (χ4n) is 2.14. The highest BCUT2D eigenvalue weighted by Gasteiger charge is 2.12. The predicted octanol–water partition coefficient (Wildman–Crippen LogP) is 3.10. The second-order valence-corrected chi connectivity index (χ2v) is 5.41. The highest BCUT2D eigenvalue weighted by Crippen LogP contribution is 2.20. The lowest BCUT2D eigenvalue weighted by Crippen LogP contribution is -2.08. The van der Waals surface area contributed by atoms with Crippen molar-refractivity contribution in [1.82, 2.24) is 19.9 Å². The van der Waals surface area contributed by atoms with Crippen molar-refractivity contribution < 1.29 is 9.53 Å². The molecule has 3 rings (SSSR count). The number of hydrogen-bond acceptors (Lipinski definition) is 6. The highest BCUT2D eigenvalue weighted by atomic mass is 16.5. The molecule has 0 aromatic carbocycles. The maximum absolute atomic E-state index is 12.4. The Labute approximate surface area is 139 Å². The van der Waals surface area contributed by atoms with E-state index in [0.29, 0.717) is 17.2 Å². The van der Waals surface area contributed by atoms with Gasteiger partial charge in [-0.3, -0.25) is 14.8 Å². The first-order valence-corrected chi connectivity index (χ1v) is 7.46. The molecule has 0 N–H and O–H groups in total. The molecule has 0 bridgehead atoms. The van der Waals surface area contributed by atoms with E-state index >= 15 is 0 Å². The van der Waals surface area contributed by atoms with Gasteiger partial charge in [0, 0.05) is 24.2 Å². The van der Waals surface area contributed by atoms with Gasteiger partial charge in [0.25, 0.3) is 0 Å². The summed E-state index contributed by atoms with van der Waals surface area (Å²) in [4.78, 5) is 28.6. The molecule has 0 aliphatic carbocycles. The van der Waals surface area contributed by atoms with E-state index in [2.05, 4.69) is 19.9 Å². The molecule has 0 aliphatic heterocycles. The lowest BCUT2D eigenvalue weighted by atomic mass is 10.1.